The molecule has 0 spiro atoms. The lowest BCUT2D eigenvalue weighted by Gasteiger charge is -2.31. The lowest BCUT2D eigenvalue weighted by molar-refractivity contribution is -0.143. The Kier molecular flexibility index (Phi) is 4.76. The third-order valence-electron chi connectivity index (χ3n) is 3.55. The Morgan fingerprint density at radius 2 is 2.11 bits per heavy atom. The summed E-state index contributed by atoms with van der Waals surface area (Å²) in [5.74, 6) is 0.438. The lowest BCUT2D eigenvalue weighted by Crippen LogP contribution is -2.42. The minimum atomic E-state index is 0.175. The third-order valence-corrected chi connectivity index (χ3v) is 3.55. The molecule has 3 nitrogen and oxygen atoms in total. The number of amides is 1. The van der Waals surface area contributed by atoms with Crippen LogP contribution in [0.25, 0.3) is 0 Å². The van der Waals surface area contributed by atoms with Crippen LogP contribution in [0.5, 0.6) is 0 Å². The van der Waals surface area contributed by atoms with Gasteiger partial charge in [-0.05, 0) is 31.2 Å². The first-order chi connectivity index (χ1) is 8.81. The molecule has 0 bridgehead atoms. The second-order valence-electron chi connectivity index (χ2n) is 4.88. The van der Waals surface area contributed by atoms with Crippen LogP contribution in [0.1, 0.15) is 24.8 Å². The fourth-order valence-electron chi connectivity index (χ4n) is 2.56. The number of aryl methyl sites for hydroxylation is 1. The van der Waals surface area contributed by atoms with E-state index in [9.17, 15) is 4.79 Å². The van der Waals surface area contributed by atoms with Crippen LogP contribution < -0.4 is 0 Å². The quantitative estimate of drug-likeness (QED) is 0.800. The minimum Gasteiger partial charge on any atom is -0.364 e. The molecule has 0 aromatic heterocycles. The smallest absolute Gasteiger partial charge is 0.227 e. The van der Waals surface area contributed by atoms with E-state index in [0.29, 0.717) is 6.73 Å². The molecule has 1 aliphatic heterocycles. The van der Waals surface area contributed by atoms with Crippen molar-refractivity contribution in [3.63, 3.8) is 0 Å². The molecule has 1 fully saturated rings. The topological polar surface area (TPSA) is 29.5 Å². The summed E-state index contributed by atoms with van der Waals surface area (Å²) in [6, 6.07) is 10.4. The molecule has 98 valence electrons. The van der Waals surface area contributed by atoms with Gasteiger partial charge in [0.15, 0.2) is 0 Å². The van der Waals surface area contributed by atoms with Crippen LogP contribution in [0.2, 0.25) is 0 Å². The monoisotopic (exact) mass is 247 g/mol. The van der Waals surface area contributed by atoms with Crippen molar-refractivity contribution in [1.82, 2.24) is 4.90 Å². The van der Waals surface area contributed by atoms with Crippen LogP contribution in [0.4, 0.5) is 0 Å². The van der Waals surface area contributed by atoms with Crippen LogP contribution in [0, 0.1) is 5.92 Å². The molecule has 2 rings (SSSR count). The van der Waals surface area contributed by atoms with Crippen molar-refractivity contribution in [3.05, 3.63) is 35.9 Å². The van der Waals surface area contributed by atoms with Gasteiger partial charge in [0, 0.05) is 19.6 Å². The number of benzene rings is 1. The van der Waals surface area contributed by atoms with Gasteiger partial charge >= 0.3 is 0 Å². The van der Waals surface area contributed by atoms with Crippen molar-refractivity contribution < 1.29 is 9.53 Å². The van der Waals surface area contributed by atoms with Gasteiger partial charge in [-0.1, -0.05) is 30.3 Å². The van der Waals surface area contributed by atoms with E-state index in [0.717, 1.165) is 32.2 Å². The van der Waals surface area contributed by atoms with Gasteiger partial charge < -0.3 is 9.64 Å². The Labute approximate surface area is 109 Å². The van der Waals surface area contributed by atoms with Gasteiger partial charge in [-0.3, -0.25) is 4.79 Å². The van der Waals surface area contributed by atoms with E-state index < -0.39 is 0 Å². The van der Waals surface area contributed by atoms with E-state index in [4.69, 9.17) is 4.74 Å². The van der Waals surface area contributed by atoms with Crippen molar-refractivity contribution in [1.29, 1.82) is 0 Å². The van der Waals surface area contributed by atoms with Gasteiger partial charge in [0.25, 0.3) is 0 Å². The zero-order valence-corrected chi connectivity index (χ0v) is 11.0. The number of hydrogen-bond donors (Lipinski definition) is 0. The van der Waals surface area contributed by atoms with Crippen LogP contribution >= 0.6 is 0 Å². The van der Waals surface area contributed by atoms with Crippen molar-refractivity contribution in [2.75, 3.05) is 20.4 Å². The fourth-order valence-corrected chi connectivity index (χ4v) is 2.56. The van der Waals surface area contributed by atoms with Crippen molar-refractivity contribution in [3.8, 4) is 0 Å². The maximum Gasteiger partial charge on any atom is 0.227 e. The number of piperidine rings is 1. The van der Waals surface area contributed by atoms with Gasteiger partial charge in [0.05, 0.1) is 0 Å². The molecule has 1 saturated heterocycles. The molecule has 0 N–H and O–H groups in total. The molecule has 0 radical (unpaired) electrons. The van der Waals surface area contributed by atoms with E-state index in [2.05, 4.69) is 24.3 Å². The van der Waals surface area contributed by atoms with Gasteiger partial charge in [0.2, 0.25) is 5.91 Å². The van der Waals surface area contributed by atoms with Gasteiger partial charge in [0.1, 0.15) is 6.73 Å². The highest BCUT2D eigenvalue weighted by molar-refractivity contribution is 5.79. The molecule has 1 heterocycles. The molecule has 1 aromatic rings. The number of carbonyl (C=O) groups excluding carboxylic acids is 1. The summed E-state index contributed by atoms with van der Waals surface area (Å²) in [6.07, 6.45) is 4.04. The highest BCUT2D eigenvalue weighted by Gasteiger charge is 2.27. The molecule has 1 aliphatic rings. The van der Waals surface area contributed by atoms with E-state index in [1.165, 1.54) is 5.56 Å². The molecule has 0 saturated carbocycles. The molecule has 0 aliphatic carbocycles. The fraction of sp³-hybridized carbons (Fsp3) is 0.533. The van der Waals surface area contributed by atoms with E-state index in [1.807, 2.05) is 11.0 Å². The van der Waals surface area contributed by atoms with Crippen LogP contribution in [0.15, 0.2) is 30.3 Å². The Bertz CT molecular complexity index is 375. The number of hydrogen-bond acceptors (Lipinski definition) is 2. The molecule has 1 atom stereocenters. The lowest BCUT2D eigenvalue weighted by atomic mass is 9.91. The van der Waals surface area contributed by atoms with Crippen molar-refractivity contribution in [2.24, 2.45) is 5.92 Å². The van der Waals surface area contributed by atoms with Crippen LogP contribution in [0.3, 0.4) is 0 Å². The van der Waals surface area contributed by atoms with E-state index in [1.54, 1.807) is 7.11 Å². The zero-order valence-electron chi connectivity index (χ0n) is 11.0. The predicted molar refractivity (Wildman–Crippen MR) is 71.1 cm³/mol. The Balaban J connectivity index is 1.87. The molecule has 1 unspecified atom stereocenters. The van der Waals surface area contributed by atoms with Gasteiger partial charge in [-0.2, -0.15) is 0 Å². The van der Waals surface area contributed by atoms with E-state index >= 15 is 0 Å². The summed E-state index contributed by atoms with van der Waals surface area (Å²) in [5, 5.41) is 0. The first kappa shape index (κ1) is 13.1. The average Bonchev–Trinajstić information content (AvgIpc) is 2.41. The van der Waals surface area contributed by atoms with Gasteiger partial charge in [-0.25, -0.2) is 0 Å². The molecular weight excluding hydrogens is 226 g/mol. The molecule has 3 heteroatoms. The standard InChI is InChI=1S/C15H21NO2/c1-18-12-16-11-5-8-14(15(16)17)10-9-13-6-3-2-4-7-13/h2-4,6-7,14H,5,8-12H2,1H3. The molecule has 1 amide bonds. The summed E-state index contributed by atoms with van der Waals surface area (Å²) in [5.41, 5.74) is 1.31. The van der Waals surface area contributed by atoms with Crippen molar-refractivity contribution >= 4 is 5.91 Å². The maximum atomic E-state index is 12.2. The molecule has 1 aromatic carbocycles. The predicted octanol–water partition coefficient (Wildman–Crippen LogP) is 2.46. The summed E-state index contributed by atoms with van der Waals surface area (Å²) >= 11 is 0. The largest absolute Gasteiger partial charge is 0.364 e. The highest BCUT2D eigenvalue weighted by Crippen LogP contribution is 2.22. The number of methoxy groups -OCH3 is 1. The Hall–Kier alpha value is -1.35. The maximum absolute atomic E-state index is 12.2. The second-order valence-corrected chi connectivity index (χ2v) is 4.88. The second kappa shape index (κ2) is 6.55. The van der Waals surface area contributed by atoms with Crippen molar-refractivity contribution in [2.45, 2.75) is 25.7 Å². The Morgan fingerprint density at radius 1 is 1.33 bits per heavy atom. The number of rotatable bonds is 5. The minimum absolute atomic E-state index is 0.175. The van der Waals surface area contributed by atoms with Crippen LogP contribution in [-0.4, -0.2) is 31.2 Å². The Morgan fingerprint density at radius 3 is 2.83 bits per heavy atom. The van der Waals surface area contributed by atoms with Crippen LogP contribution in [-0.2, 0) is 16.0 Å². The average molecular weight is 247 g/mol. The molecule has 18 heavy (non-hydrogen) atoms. The number of carbonyl (C=O) groups is 1. The first-order valence-corrected chi connectivity index (χ1v) is 6.63. The van der Waals surface area contributed by atoms with Gasteiger partial charge in [-0.15, -0.1) is 0 Å². The normalized spacial score (nSPS) is 20.2. The summed E-state index contributed by atoms with van der Waals surface area (Å²) in [6.45, 7) is 1.27. The zero-order chi connectivity index (χ0) is 12.8. The SMILES string of the molecule is COCN1CCCC(CCc2ccccc2)C1=O. The number of ether oxygens (including phenoxy) is 1. The number of nitrogens with zero attached hydrogens (tertiary/aromatic N) is 1. The molecular formula is C15H21NO2. The third kappa shape index (κ3) is 3.33. The summed E-state index contributed by atoms with van der Waals surface area (Å²) in [7, 11) is 1.64. The number of likely N-dealkylation sites (tertiary alicyclic amines) is 1. The highest BCUT2D eigenvalue weighted by atomic mass is 16.5. The summed E-state index contributed by atoms with van der Waals surface area (Å²) in [4.78, 5) is 14.0. The van der Waals surface area contributed by atoms with E-state index in [-0.39, 0.29) is 11.8 Å². The first-order valence-electron chi connectivity index (χ1n) is 6.63. The summed E-state index contributed by atoms with van der Waals surface area (Å²) < 4.78 is 5.07.